The SMILES string of the molecule is COc1cc(CNC(C)C)cc(OC)c1OCC(C)O. The Balaban J connectivity index is 2.98. The number of benzene rings is 1. The van der Waals surface area contributed by atoms with Gasteiger partial charge in [-0.3, -0.25) is 0 Å². The zero-order valence-corrected chi connectivity index (χ0v) is 12.9. The number of methoxy groups -OCH3 is 2. The summed E-state index contributed by atoms with van der Waals surface area (Å²) in [7, 11) is 3.17. The van der Waals surface area contributed by atoms with E-state index < -0.39 is 6.10 Å². The third kappa shape index (κ3) is 4.90. The Bertz CT molecular complexity index is 393. The molecule has 0 amide bonds. The maximum atomic E-state index is 9.32. The highest BCUT2D eigenvalue weighted by Crippen LogP contribution is 2.38. The number of aliphatic hydroxyl groups excluding tert-OH is 1. The lowest BCUT2D eigenvalue weighted by atomic mass is 10.1. The summed E-state index contributed by atoms with van der Waals surface area (Å²) in [5, 5.41) is 12.7. The van der Waals surface area contributed by atoms with Crippen LogP contribution in [0.3, 0.4) is 0 Å². The predicted molar refractivity (Wildman–Crippen MR) is 78.7 cm³/mol. The first-order valence-electron chi connectivity index (χ1n) is 6.77. The summed E-state index contributed by atoms with van der Waals surface area (Å²) in [6, 6.07) is 4.23. The van der Waals surface area contributed by atoms with Crippen molar-refractivity contribution in [1.82, 2.24) is 5.32 Å². The molecule has 1 rings (SSSR count). The van der Waals surface area contributed by atoms with Crippen molar-refractivity contribution >= 4 is 0 Å². The molecular formula is C15H25NO4. The monoisotopic (exact) mass is 283 g/mol. The van der Waals surface area contributed by atoms with E-state index in [-0.39, 0.29) is 6.61 Å². The van der Waals surface area contributed by atoms with Gasteiger partial charge in [0.1, 0.15) is 6.61 Å². The van der Waals surface area contributed by atoms with E-state index >= 15 is 0 Å². The highest BCUT2D eigenvalue weighted by Gasteiger charge is 2.15. The molecule has 0 aliphatic rings. The van der Waals surface area contributed by atoms with Crippen molar-refractivity contribution in [2.24, 2.45) is 0 Å². The maximum Gasteiger partial charge on any atom is 0.203 e. The molecule has 0 saturated heterocycles. The summed E-state index contributed by atoms with van der Waals surface area (Å²) >= 11 is 0. The summed E-state index contributed by atoms with van der Waals surface area (Å²) in [6.45, 7) is 6.76. The second-order valence-electron chi connectivity index (χ2n) is 5.03. The highest BCUT2D eigenvalue weighted by molar-refractivity contribution is 5.53. The Morgan fingerprint density at radius 2 is 1.65 bits per heavy atom. The van der Waals surface area contributed by atoms with E-state index in [4.69, 9.17) is 14.2 Å². The fraction of sp³-hybridized carbons (Fsp3) is 0.600. The van der Waals surface area contributed by atoms with Crippen LogP contribution in [0.25, 0.3) is 0 Å². The largest absolute Gasteiger partial charge is 0.493 e. The van der Waals surface area contributed by atoms with E-state index in [9.17, 15) is 5.11 Å². The number of hydrogen-bond acceptors (Lipinski definition) is 5. The van der Waals surface area contributed by atoms with E-state index in [0.29, 0.717) is 23.3 Å². The predicted octanol–water partition coefficient (Wildman–Crippen LogP) is 1.96. The van der Waals surface area contributed by atoms with Gasteiger partial charge in [-0.1, -0.05) is 13.8 Å². The van der Waals surface area contributed by atoms with Crippen LogP contribution in [0.15, 0.2) is 12.1 Å². The summed E-state index contributed by atoms with van der Waals surface area (Å²) in [5.41, 5.74) is 1.05. The molecule has 0 spiro atoms. The third-order valence-electron chi connectivity index (χ3n) is 2.70. The van der Waals surface area contributed by atoms with E-state index in [0.717, 1.165) is 12.1 Å². The van der Waals surface area contributed by atoms with Crippen molar-refractivity contribution < 1.29 is 19.3 Å². The van der Waals surface area contributed by atoms with Crippen molar-refractivity contribution in [2.45, 2.75) is 39.5 Å². The summed E-state index contributed by atoms with van der Waals surface area (Å²) in [6.07, 6.45) is -0.549. The van der Waals surface area contributed by atoms with Crippen molar-refractivity contribution in [3.8, 4) is 17.2 Å². The number of nitrogens with one attached hydrogen (secondary N) is 1. The van der Waals surface area contributed by atoms with Gasteiger partial charge in [-0.2, -0.15) is 0 Å². The normalized spacial score (nSPS) is 12.3. The average Bonchev–Trinajstić information content (AvgIpc) is 2.42. The Hall–Kier alpha value is -1.46. The average molecular weight is 283 g/mol. The second kappa shape index (κ2) is 7.97. The smallest absolute Gasteiger partial charge is 0.203 e. The van der Waals surface area contributed by atoms with Crippen LogP contribution in [-0.2, 0) is 6.54 Å². The molecule has 0 heterocycles. The molecule has 5 heteroatoms. The fourth-order valence-corrected chi connectivity index (χ4v) is 1.70. The van der Waals surface area contributed by atoms with Crippen molar-refractivity contribution in [3.63, 3.8) is 0 Å². The number of aliphatic hydroxyl groups is 1. The van der Waals surface area contributed by atoms with Crippen LogP contribution >= 0.6 is 0 Å². The molecule has 0 saturated carbocycles. The first kappa shape index (κ1) is 16.6. The van der Waals surface area contributed by atoms with Gasteiger partial charge in [0.25, 0.3) is 0 Å². The van der Waals surface area contributed by atoms with Crippen LogP contribution in [0.5, 0.6) is 17.2 Å². The lowest BCUT2D eigenvalue weighted by Crippen LogP contribution is -2.22. The van der Waals surface area contributed by atoms with Gasteiger partial charge in [0.2, 0.25) is 5.75 Å². The van der Waals surface area contributed by atoms with E-state index in [1.807, 2.05) is 12.1 Å². The fourth-order valence-electron chi connectivity index (χ4n) is 1.70. The highest BCUT2D eigenvalue weighted by atomic mass is 16.5. The minimum absolute atomic E-state index is 0.191. The van der Waals surface area contributed by atoms with Gasteiger partial charge >= 0.3 is 0 Å². The van der Waals surface area contributed by atoms with E-state index in [1.54, 1.807) is 21.1 Å². The van der Waals surface area contributed by atoms with Crippen molar-refractivity contribution in [2.75, 3.05) is 20.8 Å². The molecule has 2 N–H and O–H groups in total. The minimum Gasteiger partial charge on any atom is -0.493 e. The lowest BCUT2D eigenvalue weighted by molar-refractivity contribution is 0.118. The maximum absolute atomic E-state index is 9.32. The van der Waals surface area contributed by atoms with Crippen LogP contribution in [0.2, 0.25) is 0 Å². The van der Waals surface area contributed by atoms with E-state index in [2.05, 4.69) is 19.2 Å². The third-order valence-corrected chi connectivity index (χ3v) is 2.70. The van der Waals surface area contributed by atoms with Crippen molar-refractivity contribution in [3.05, 3.63) is 17.7 Å². The van der Waals surface area contributed by atoms with Gasteiger partial charge in [0.05, 0.1) is 20.3 Å². The van der Waals surface area contributed by atoms with Crippen LogP contribution < -0.4 is 19.5 Å². The Morgan fingerprint density at radius 3 is 2.05 bits per heavy atom. The molecule has 0 radical (unpaired) electrons. The van der Waals surface area contributed by atoms with Gasteiger partial charge in [-0.05, 0) is 24.6 Å². The topological polar surface area (TPSA) is 60.0 Å². The molecular weight excluding hydrogens is 258 g/mol. The molecule has 0 aliphatic carbocycles. The molecule has 5 nitrogen and oxygen atoms in total. The molecule has 0 fully saturated rings. The van der Waals surface area contributed by atoms with Crippen LogP contribution in [0, 0.1) is 0 Å². The molecule has 0 bridgehead atoms. The summed E-state index contributed by atoms with van der Waals surface area (Å²) in [4.78, 5) is 0. The van der Waals surface area contributed by atoms with Gasteiger partial charge in [0, 0.05) is 12.6 Å². The van der Waals surface area contributed by atoms with Crippen LogP contribution in [0.4, 0.5) is 0 Å². The van der Waals surface area contributed by atoms with Crippen molar-refractivity contribution in [1.29, 1.82) is 0 Å². The van der Waals surface area contributed by atoms with Gasteiger partial charge in [-0.15, -0.1) is 0 Å². The Kier molecular flexibility index (Phi) is 6.61. The van der Waals surface area contributed by atoms with Gasteiger partial charge < -0.3 is 24.6 Å². The molecule has 1 aromatic rings. The molecule has 0 aliphatic heterocycles. The quantitative estimate of drug-likeness (QED) is 0.764. The Morgan fingerprint density at radius 1 is 1.10 bits per heavy atom. The minimum atomic E-state index is -0.549. The first-order valence-corrected chi connectivity index (χ1v) is 6.77. The molecule has 1 atom stereocenters. The molecule has 1 unspecified atom stereocenters. The van der Waals surface area contributed by atoms with Crippen LogP contribution in [0.1, 0.15) is 26.3 Å². The van der Waals surface area contributed by atoms with Gasteiger partial charge in [-0.25, -0.2) is 0 Å². The Labute approximate surface area is 120 Å². The molecule has 1 aromatic carbocycles. The summed E-state index contributed by atoms with van der Waals surface area (Å²) < 4.78 is 16.3. The lowest BCUT2D eigenvalue weighted by Gasteiger charge is -2.17. The van der Waals surface area contributed by atoms with Crippen LogP contribution in [-0.4, -0.2) is 38.1 Å². The zero-order chi connectivity index (χ0) is 15.1. The standard InChI is InChI=1S/C15H25NO4/c1-10(2)16-8-12-6-13(18-4)15(14(7-12)19-5)20-9-11(3)17/h6-7,10-11,16-17H,8-9H2,1-5H3. The number of hydrogen-bond donors (Lipinski definition) is 2. The molecule has 0 aromatic heterocycles. The number of ether oxygens (including phenoxy) is 3. The first-order chi connectivity index (χ1) is 9.47. The second-order valence-corrected chi connectivity index (χ2v) is 5.03. The molecule has 20 heavy (non-hydrogen) atoms. The zero-order valence-electron chi connectivity index (χ0n) is 12.9. The summed E-state index contributed by atoms with van der Waals surface area (Å²) in [5.74, 6) is 1.72. The van der Waals surface area contributed by atoms with Gasteiger partial charge in [0.15, 0.2) is 11.5 Å². The van der Waals surface area contributed by atoms with E-state index in [1.165, 1.54) is 0 Å². The number of rotatable bonds is 8. The molecule has 114 valence electrons.